The molecule has 0 bridgehead atoms. The van der Waals surface area contributed by atoms with Gasteiger partial charge in [-0.15, -0.1) is 0 Å². The summed E-state index contributed by atoms with van der Waals surface area (Å²) in [6, 6.07) is 13.0. The van der Waals surface area contributed by atoms with E-state index in [0.717, 1.165) is 18.4 Å². The number of nitrogens with zero attached hydrogens (tertiary/aromatic N) is 1. The Morgan fingerprint density at radius 3 is 1.88 bits per heavy atom. The molecule has 2 rings (SSSR count). The van der Waals surface area contributed by atoms with Crippen molar-refractivity contribution in [1.82, 2.24) is 0 Å². The lowest BCUT2D eigenvalue weighted by Crippen LogP contribution is -2.32. The van der Waals surface area contributed by atoms with Crippen LogP contribution in [0.15, 0.2) is 54.9 Å². The first-order valence-electron chi connectivity index (χ1n) is 15.9. The number of unbranched alkanes of at least 4 members (excludes halogenated alkanes) is 13. The second-order valence-corrected chi connectivity index (χ2v) is 12.2. The molecular weight excluding hydrogens is 537 g/mol. The van der Waals surface area contributed by atoms with Crippen LogP contribution in [0.5, 0.6) is 5.75 Å². The van der Waals surface area contributed by atoms with Crippen LogP contribution >= 0.6 is 7.82 Å². The molecule has 1 heterocycles. The van der Waals surface area contributed by atoms with Gasteiger partial charge in [0.2, 0.25) is 0 Å². The molecule has 2 aromatic rings. The van der Waals surface area contributed by atoms with E-state index in [2.05, 4.69) is 6.92 Å². The van der Waals surface area contributed by atoms with E-state index >= 15 is 0 Å². The predicted molar refractivity (Wildman–Crippen MR) is 165 cm³/mol. The summed E-state index contributed by atoms with van der Waals surface area (Å²) in [4.78, 5) is 10.2. The van der Waals surface area contributed by atoms with Crippen LogP contribution in [0.25, 0.3) is 0 Å². The van der Waals surface area contributed by atoms with Crippen LogP contribution in [0.4, 0.5) is 0 Å². The van der Waals surface area contributed by atoms with Gasteiger partial charge in [-0.1, -0.05) is 96.5 Å². The van der Waals surface area contributed by atoms with Crippen molar-refractivity contribution in [2.45, 2.75) is 116 Å². The minimum Gasteiger partial charge on any atom is -0.404 e. The molecule has 0 spiro atoms. The monoisotopic (exact) mass is 592 g/mol. The fourth-order valence-electron chi connectivity index (χ4n) is 4.74. The summed E-state index contributed by atoms with van der Waals surface area (Å²) in [5, 5.41) is 0. The van der Waals surface area contributed by atoms with Gasteiger partial charge in [-0.3, -0.25) is 9.42 Å². The van der Waals surface area contributed by atoms with Crippen LogP contribution < -0.4 is 9.09 Å². The Hall–Kier alpha value is -1.76. The third-order valence-electron chi connectivity index (χ3n) is 7.06. The van der Waals surface area contributed by atoms with Crippen molar-refractivity contribution in [2.75, 3.05) is 26.4 Å². The molecule has 1 aromatic heterocycles. The molecule has 2 unspecified atom stereocenters. The molecule has 0 fully saturated rings. The van der Waals surface area contributed by atoms with Gasteiger partial charge >= 0.3 is 7.82 Å². The standard InChI is InChI=1S/C33H54NO6P/c1-3-5-6-7-8-9-10-11-12-13-14-15-16-20-27-37-29-33(38-4-2)30-39-41(35,36)40-32-23-21-31(22-24-32)28-34-25-18-17-19-26-34/h17-19,21-26,33H,3-16,20,27-30H2,1-2H3/p+1. The van der Waals surface area contributed by atoms with Crippen molar-refractivity contribution in [3.63, 3.8) is 0 Å². The predicted octanol–water partition coefficient (Wildman–Crippen LogP) is 8.42. The third kappa shape index (κ3) is 18.4. The van der Waals surface area contributed by atoms with Crippen molar-refractivity contribution < 1.29 is 32.5 Å². The van der Waals surface area contributed by atoms with Gasteiger partial charge in [0.15, 0.2) is 18.9 Å². The van der Waals surface area contributed by atoms with Crippen molar-refractivity contribution >= 4 is 7.82 Å². The summed E-state index contributed by atoms with van der Waals surface area (Å²) < 4.78 is 36.5. The third-order valence-corrected chi connectivity index (χ3v) is 7.98. The zero-order valence-corrected chi connectivity index (χ0v) is 26.5. The summed E-state index contributed by atoms with van der Waals surface area (Å²) in [6.07, 6.45) is 22.1. The minimum absolute atomic E-state index is 0.0803. The Morgan fingerprint density at radius 2 is 1.32 bits per heavy atom. The lowest BCUT2D eigenvalue weighted by Gasteiger charge is -2.19. The second kappa shape index (κ2) is 22.8. The highest BCUT2D eigenvalue weighted by Gasteiger charge is 2.25. The Morgan fingerprint density at radius 1 is 0.756 bits per heavy atom. The zero-order valence-electron chi connectivity index (χ0n) is 25.6. The number of phosphoric acid groups is 1. The summed E-state index contributed by atoms with van der Waals surface area (Å²) in [5.41, 5.74) is 1.05. The van der Waals surface area contributed by atoms with Crippen LogP contribution in [-0.4, -0.2) is 37.4 Å². The number of benzene rings is 1. The highest BCUT2D eigenvalue weighted by Crippen LogP contribution is 2.44. The van der Waals surface area contributed by atoms with E-state index in [1.54, 1.807) is 12.1 Å². The fourth-order valence-corrected chi connectivity index (χ4v) is 5.53. The molecule has 0 saturated heterocycles. The van der Waals surface area contributed by atoms with Crippen LogP contribution in [0.2, 0.25) is 0 Å². The smallest absolute Gasteiger partial charge is 0.404 e. The maximum atomic E-state index is 12.5. The van der Waals surface area contributed by atoms with Gasteiger partial charge in [-0.25, -0.2) is 9.13 Å². The molecule has 1 aromatic carbocycles. The molecule has 41 heavy (non-hydrogen) atoms. The quantitative estimate of drug-likeness (QED) is 0.0671. The van der Waals surface area contributed by atoms with E-state index < -0.39 is 13.9 Å². The fraction of sp³-hybridized carbons (Fsp3) is 0.667. The van der Waals surface area contributed by atoms with Crippen LogP contribution in [0.1, 0.15) is 109 Å². The molecule has 0 saturated carbocycles. The van der Waals surface area contributed by atoms with Gasteiger partial charge in [0, 0.05) is 30.9 Å². The molecule has 0 amide bonds. The average molecular weight is 593 g/mol. The second-order valence-electron chi connectivity index (χ2n) is 10.8. The molecule has 2 atom stereocenters. The van der Waals surface area contributed by atoms with Crippen LogP contribution in [-0.2, 0) is 25.1 Å². The molecule has 0 radical (unpaired) electrons. The van der Waals surface area contributed by atoms with Crippen molar-refractivity contribution in [2.24, 2.45) is 0 Å². The Kier molecular flexibility index (Phi) is 19.7. The first kappa shape index (κ1) is 35.4. The molecule has 8 heteroatoms. The van der Waals surface area contributed by atoms with E-state index in [4.69, 9.17) is 18.5 Å². The van der Waals surface area contributed by atoms with Crippen molar-refractivity contribution in [3.05, 3.63) is 60.4 Å². The van der Waals surface area contributed by atoms with Gasteiger partial charge in [0.05, 0.1) is 13.2 Å². The lowest BCUT2D eigenvalue weighted by atomic mass is 10.0. The maximum absolute atomic E-state index is 12.5. The first-order chi connectivity index (χ1) is 20.0. The Balaban J connectivity index is 1.51. The molecule has 0 aliphatic carbocycles. The van der Waals surface area contributed by atoms with Crippen molar-refractivity contribution in [3.8, 4) is 5.75 Å². The molecule has 1 N–H and O–H groups in total. The van der Waals surface area contributed by atoms with E-state index in [-0.39, 0.29) is 12.4 Å². The Labute approximate surface area is 249 Å². The Bertz CT molecular complexity index is 927. The normalized spacial score (nSPS) is 13.6. The molecule has 0 aliphatic rings. The zero-order chi connectivity index (χ0) is 29.4. The minimum atomic E-state index is -4.29. The number of aromatic nitrogens is 1. The number of ether oxygens (including phenoxy) is 2. The van der Waals surface area contributed by atoms with E-state index in [1.807, 2.05) is 54.2 Å². The summed E-state index contributed by atoms with van der Waals surface area (Å²) in [7, 11) is -4.29. The molecule has 0 aliphatic heterocycles. The average Bonchev–Trinajstić information content (AvgIpc) is 2.97. The van der Waals surface area contributed by atoms with Gasteiger partial charge < -0.3 is 14.0 Å². The van der Waals surface area contributed by atoms with Crippen molar-refractivity contribution in [1.29, 1.82) is 0 Å². The maximum Gasteiger partial charge on any atom is 0.527 e. The number of hydrogen-bond donors (Lipinski definition) is 1. The van der Waals surface area contributed by atoms with Crippen LogP contribution in [0, 0.1) is 0 Å². The first-order valence-corrected chi connectivity index (χ1v) is 17.4. The highest BCUT2D eigenvalue weighted by atomic mass is 31.2. The molecule has 232 valence electrons. The van der Waals surface area contributed by atoms with Crippen LogP contribution in [0.3, 0.4) is 0 Å². The molecular formula is C33H55NO6P+. The van der Waals surface area contributed by atoms with E-state index in [1.165, 1.54) is 77.0 Å². The number of rotatable bonds is 26. The number of pyridine rings is 1. The SMILES string of the molecule is CCCCCCCCCCCCCCCCOCC(COP(=O)(O)Oc1ccc(C[n+]2ccccc2)cc1)OCC. The number of hydrogen-bond acceptors (Lipinski definition) is 5. The van der Waals surface area contributed by atoms with Gasteiger partial charge in [0.1, 0.15) is 11.9 Å². The van der Waals surface area contributed by atoms with Gasteiger partial charge in [-0.2, -0.15) is 0 Å². The summed E-state index contributed by atoms with van der Waals surface area (Å²) in [5.74, 6) is 0.277. The lowest BCUT2D eigenvalue weighted by molar-refractivity contribution is -0.688. The topological polar surface area (TPSA) is 78.1 Å². The highest BCUT2D eigenvalue weighted by molar-refractivity contribution is 7.47. The largest absolute Gasteiger partial charge is 0.527 e. The number of phosphoric ester groups is 1. The van der Waals surface area contributed by atoms with Gasteiger partial charge in [0.25, 0.3) is 0 Å². The summed E-state index contributed by atoms with van der Waals surface area (Å²) in [6.45, 7) is 6.21. The molecule has 7 nitrogen and oxygen atoms in total. The van der Waals surface area contributed by atoms with E-state index in [9.17, 15) is 9.46 Å². The van der Waals surface area contributed by atoms with Gasteiger partial charge in [-0.05, 0) is 37.6 Å². The summed E-state index contributed by atoms with van der Waals surface area (Å²) >= 11 is 0. The van der Waals surface area contributed by atoms with E-state index in [0.29, 0.717) is 26.4 Å².